The normalized spacial score (nSPS) is 29.0. The van der Waals surface area contributed by atoms with Crippen LogP contribution in [0, 0.1) is 0 Å². The van der Waals surface area contributed by atoms with E-state index >= 15 is 0 Å². The van der Waals surface area contributed by atoms with Gasteiger partial charge in [-0.25, -0.2) is 4.98 Å². The first kappa shape index (κ1) is 21.4. The van der Waals surface area contributed by atoms with E-state index in [0.717, 1.165) is 5.56 Å². The van der Waals surface area contributed by atoms with E-state index in [4.69, 9.17) is 32.7 Å². The van der Waals surface area contributed by atoms with Gasteiger partial charge in [0.05, 0.1) is 19.8 Å². The van der Waals surface area contributed by atoms with E-state index in [0.29, 0.717) is 16.6 Å². The van der Waals surface area contributed by atoms with Crippen LogP contribution in [0.2, 0.25) is 10.0 Å². The molecule has 1 aliphatic rings. The number of hydrogen-bond acceptors (Lipinski definition) is 8. The molecule has 28 heavy (non-hydrogen) atoms. The molecular formula is C17H21Cl2N3O6. The van der Waals surface area contributed by atoms with Crippen molar-refractivity contribution in [3.8, 4) is 0 Å². The molecule has 1 saturated heterocycles. The highest BCUT2D eigenvalue weighted by Crippen LogP contribution is 2.30. The second-order valence-electron chi connectivity index (χ2n) is 6.51. The minimum absolute atomic E-state index is 0.0455. The maximum absolute atomic E-state index is 10.1. The van der Waals surface area contributed by atoms with Crippen LogP contribution in [0.15, 0.2) is 30.9 Å². The minimum atomic E-state index is -1.51. The van der Waals surface area contributed by atoms with Crippen molar-refractivity contribution in [1.82, 2.24) is 14.8 Å². The van der Waals surface area contributed by atoms with E-state index in [-0.39, 0.29) is 12.5 Å². The molecule has 0 saturated carbocycles. The smallest absolute Gasteiger partial charge is 0.186 e. The third-order valence-electron chi connectivity index (χ3n) is 4.59. The van der Waals surface area contributed by atoms with Gasteiger partial charge in [0.1, 0.15) is 37.1 Å². The Morgan fingerprint density at radius 3 is 2.61 bits per heavy atom. The minimum Gasteiger partial charge on any atom is -0.394 e. The monoisotopic (exact) mass is 433 g/mol. The summed E-state index contributed by atoms with van der Waals surface area (Å²) in [5, 5.41) is 44.2. The summed E-state index contributed by atoms with van der Waals surface area (Å²) in [6, 6.07) is 5.08. The molecule has 1 aromatic carbocycles. The maximum atomic E-state index is 10.1. The second kappa shape index (κ2) is 9.47. The SMILES string of the molecule is OC[C@H]1O[C@@H](OCC(Cn2cncn2)c2ccc(Cl)cc2Cl)[C@H](O)[C@@H](O)[C@@H]1O. The molecule has 0 aliphatic carbocycles. The maximum Gasteiger partial charge on any atom is 0.186 e. The molecule has 11 heteroatoms. The lowest BCUT2D eigenvalue weighted by molar-refractivity contribution is -0.302. The molecule has 0 spiro atoms. The number of aliphatic hydroxyl groups excluding tert-OH is 4. The largest absolute Gasteiger partial charge is 0.394 e. The average molecular weight is 434 g/mol. The summed E-state index contributed by atoms with van der Waals surface area (Å²) in [5.41, 5.74) is 0.742. The van der Waals surface area contributed by atoms with Crippen LogP contribution < -0.4 is 0 Å². The van der Waals surface area contributed by atoms with Crippen LogP contribution in [0.3, 0.4) is 0 Å². The molecule has 0 radical (unpaired) electrons. The molecule has 4 N–H and O–H groups in total. The van der Waals surface area contributed by atoms with Gasteiger partial charge in [0.15, 0.2) is 6.29 Å². The highest BCUT2D eigenvalue weighted by atomic mass is 35.5. The number of nitrogens with zero attached hydrogens (tertiary/aromatic N) is 3. The van der Waals surface area contributed by atoms with Crippen molar-refractivity contribution in [2.24, 2.45) is 0 Å². The van der Waals surface area contributed by atoms with E-state index in [1.54, 1.807) is 29.2 Å². The molecule has 0 amide bonds. The van der Waals surface area contributed by atoms with E-state index in [2.05, 4.69) is 10.1 Å². The third-order valence-corrected chi connectivity index (χ3v) is 5.15. The van der Waals surface area contributed by atoms with Crippen molar-refractivity contribution in [3.63, 3.8) is 0 Å². The van der Waals surface area contributed by atoms with Crippen LogP contribution in [-0.4, -0.2) is 79.1 Å². The van der Waals surface area contributed by atoms with Gasteiger partial charge in [0.25, 0.3) is 0 Å². The van der Waals surface area contributed by atoms with Crippen molar-refractivity contribution in [3.05, 3.63) is 46.5 Å². The van der Waals surface area contributed by atoms with Gasteiger partial charge in [-0.15, -0.1) is 0 Å². The molecule has 3 rings (SSSR count). The third kappa shape index (κ3) is 4.81. The Balaban J connectivity index is 1.75. The summed E-state index contributed by atoms with van der Waals surface area (Å²) in [6.45, 7) is -0.112. The fraction of sp³-hybridized carbons (Fsp3) is 0.529. The summed E-state index contributed by atoms with van der Waals surface area (Å²) >= 11 is 12.3. The van der Waals surface area contributed by atoms with Gasteiger partial charge in [-0.1, -0.05) is 29.3 Å². The van der Waals surface area contributed by atoms with Gasteiger partial charge in [0.2, 0.25) is 0 Å². The first-order valence-corrected chi connectivity index (χ1v) is 9.35. The Labute approximate surface area is 171 Å². The fourth-order valence-electron chi connectivity index (χ4n) is 3.04. The Morgan fingerprint density at radius 2 is 1.96 bits per heavy atom. The van der Waals surface area contributed by atoms with Crippen molar-refractivity contribution in [1.29, 1.82) is 0 Å². The number of ether oxygens (including phenoxy) is 2. The van der Waals surface area contributed by atoms with Gasteiger partial charge in [-0.2, -0.15) is 5.10 Å². The van der Waals surface area contributed by atoms with Gasteiger partial charge in [-0.3, -0.25) is 4.68 Å². The van der Waals surface area contributed by atoms with E-state index in [1.165, 1.54) is 6.33 Å². The molecule has 1 unspecified atom stereocenters. The molecule has 1 aromatic heterocycles. The summed E-state index contributed by atoms with van der Waals surface area (Å²) < 4.78 is 12.7. The first-order valence-electron chi connectivity index (χ1n) is 8.60. The first-order chi connectivity index (χ1) is 13.4. The van der Waals surface area contributed by atoms with Crippen LogP contribution in [0.1, 0.15) is 11.5 Å². The Hall–Kier alpha value is -1.30. The lowest BCUT2D eigenvalue weighted by atomic mass is 9.98. The Kier molecular flexibility index (Phi) is 7.24. The number of aromatic nitrogens is 3. The summed E-state index contributed by atoms with van der Waals surface area (Å²) in [4.78, 5) is 3.91. The number of halogens is 2. The van der Waals surface area contributed by atoms with Crippen molar-refractivity contribution < 1.29 is 29.9 Å². The van der Waals surface area contributed by atoms with Crippen molar-refractivity contribution in [2.45, 2.75) is 43.2 Å². The summed E-state index contributed by atoms with van der Waals surface area (Å²) in [7, 11) is 0. The lowest BCUT2D eigenvalue weighted by Crippen LogP contribution is -2.59. The molecule has 2 heterocycles. The average Bonchev–Trinajstić information content (AvgIpc) is 3.18. The molecule has 1 aliphatic heterocycles. The summed E-state index contributed by atoms with van der Waals surface area (Å²) in [6.07, 6.45) is -3.77. The predicted molar refractivity (Wildman–Crippen MR) is 98.9 cm³/mol. The molecule has 9 nitrogen and oxygen atoms in total. The quantitative estimate of drug-likeness (QED) is 0.486. The number of hydrogen-bond donors (Lipinski definition) is 4. The van der Waals surface area contributed by atoms with Crippen LogP contribution in [-0.2, 0) is 16.0 Å². The zero-order valence-electron chi connectivity index (χ0n) is 14.7. The Bertz CT molecular complexity index is 763. The number of rotatable bonds is 7. The number of aliphatic hydroxyl groups is 4. The van der Waals surface area contributed by atoms with E-state index in [1.807, 2.05) is 0 Å². The van der Waals surface area contributed by atoms with Crippen LogP contribution >= 0.6 is 23.2 Å². The zero-order valence-corrected chi connectivity index (χ0v) is 16.2. The standard InChI is InChI=1S/C17H21Cl2N3O6/c18-10-1-2-11(12(19)3-10)9(4-22-8-20-7-21-22)6-27-17-16(26)15(25)14(24)13(5-23)28-17/h1-3,7-9,13-17,23-26H,4-6H2/t9?,13-,14-,15+,16-,17-/m1/s1. The molecular weight excluding hydrogens is 413 g/mol. The van der Waals surface area contributed by atoms with Gasteiger partial charge < -0.3 is 29.9 Å². The Morgan fingerprint density at radius 1 is 1.18 bits per heavy atom. The van der Waals surface area contributed by atoms with Crippen molar-refractivity contribution >= 4 is 23.2 Å². The molecule has 154 valence electrons. The van der Waals surface area contributed by atoms with Gasteiger partial charge >= 0.3 is 0 Å². The lowest BCUT2D eigenvalue weighted by Gasteiger charge is -2.40. The topological polar surface area (TPSA) is 130 Å². The zero-order chi connectivity index (χ0) is 20.3. The highest BCUT2D eigenvalue weighted by molar-refractivity contribution is 6.35. The summed E-state index contributed by atoms with van der Waals surface area (Å²) in [5.74, 6) is -0.307. The van der Waals surface area contributed by atoms with Gasteiger partial charge in [0, 0.05) is 16.0 Å². The molecule has 0 bridgehead atoms. The van der Waals surface area contributed by atoms with Gasteiger partial charge in [-0.05, 0) is 17.7 Å². The van der Waals surface area contributed by atoms with Crippen LogP contribution in [0.5, 0.6) is 0 Å². The number of benzene rings is 1. The van der Waals surface area contributed by atoms with Crippen molar-refractivity contribution in [2.75, 3.05) is 13.2 Å². The van der Waals surface area contributed by atoms with E-state index < -0.39 is 37.3 Å². The van der Waals surface area contributed by atoms with Crippen LogP contribution in [0.4, 0.5) is 0 Å². The highest BCUT2D eigenvalue weighted by Gasteiger charge is 2.44. The molecule has 1 fully saturated rings. The predicted octanol–water partition coefficient (Wildman–Crippen LogP) is 0.185. The van der Waals surface area contributed by atoms with Crippen LogP contribution in [0.25, 0.3) is 0 Å². The molecule has 2 aromatic rings. The fourth-order valence-corrected chi connectivity index (χ4v) is 3.61. The second-order valence-corrected chi connectivity index (χ2v) is 7.35. The molecule has 6 atom stereocenters. The van der Waals surface area contributed by atoms with E-state index in [9.17, 15) is 20.4 Å².